The number of anilines is 2. The van der Waals surface area contributed by atoms with Gasteiger partial charge in [0.05, 0.1) is 19.5 Å². The van der Waals surface area contributed by atoms with Gasteiger partial charge in [0.25, 0.3) is 0 Å². The molecular weight excluding hydrogens is 240 g/mol. The number of nitrogens with two attached hydrogens (primary N) is 1. The summed E-state index contributed by atoms with van der Waals surface area (Å²) >= 11 is 0. The van der Waals surface area contributed by atoms with E-state index in [9.17, 15) is 0 Å². The van der Waals surface area contributed by atoms with E-state index < -0.39 is 0 Å². The number of hydrogen-bond donors (Lipinski definition) is 1. The Morgan fingerprint density at radius 2 is 2.21 bits per heavy atom. The Labute approximate surface area is 112 Å². The summed E-state index contributed by atoms with van der Waals surface area (Å²) < 4.78 is 5.11. The molecule has 1 aliphatic rings. The van der Waals surface area contributed by atoms with Crippen LogP contribution in [0, 0.1) is 0 Å². The lowest BCUT2D eigenvalue weighted by atomic mass is 9.98. The van der Waals surface area contributed by atoms with E-state index in [-0.39, 0.29) is 0 Å². The van der Waals surface area contributed by atoms with Crippen molar-refractivity contribution in [2.45, 2.75) is 13.0 Å². The minimum atomic E-state index is 0.532. The first-order valence-corrected chi connectivity index (χ1v) is 6.25. The smallest absolute Gasteiger partial charge is 0.233 e. The van der Waals surface area contributed by atoms with Crippen LogP contribution >= 0.6 is 0 Å². The number of nitrogen functional groups attached to an aromatic ring is 1. The molecule has 0 saturated carbocycles. The van der Waals surface area contributed by atoms with E-state index in [0.717, 1.165) is 31.0 Å². The van der Waals surface area contributed by atoms with Crippen LogP contribution in [0.25, 0.3) is 0 Å². The highest BCUT2D eigenvalue weighted by Crippen LogP contribution is 2.27. The minimum absolute atomic E-state index is 0.532. The summed E-state index contributed by atoms with van der Waals surface area (Å²) in [6.07, 6.45) is 4.33. The van der Waals surface area contributed by atoms with E-state index in [4.69, 9.17) is 10.5 Å². The van der Waals surface area contributed by atoms with E-state index in [2.05, 4.69) is 20.9 Å². The van der Waals surface area contributed by atoms with Gasteiger partial charge in [-0.05, 0) is 23.6 Å². The molecule has 0 radical (unpaired) electrons. The number of hydrogen-bond acceptors (Lipinski definition) is 5. The Bertz CT molecular complexity index is 600. The standard InChI is InChI=1S/C14H16N4O/c1-19-14-8-16-7-13(17-14)18-6-5-10-3-2-4-12(15)11(10)9-18/h2-4,7-8H,5-6,9,15H2,1H3. The molecule has 19 heavy (non-hydrogen) atoms. The van der Waals surface area contributed by atoms with Crippen LogP contribution in [0.2, 0.25) is 0 Å². The molecule has 1 aliphatic heterocycles. The Hall–Kier alpha value is -2.30. The summed E-state index contributed by atoms with van der Waals surface area (Å²) in [7, 11) is 1.59. The highest BCUT2D eigenvalue weighted by molar-refractivity contribution is 5.55. The third-order valence-electron chi connectivity index (χ3n) is 3.44. The Morgan fingerprint density at radius 3 is 3.05 bits per heavy atom. The van der Waals surface area contributed by atoms with Crippen LogP contribution in [0.5, 0.6) is 5.88 Å². The molecule has 0 bridgehead atoms. The number of methoxy groups -OCH3 is 1. The fraction of sp³-hybridized carbons (Fsp3) is 0.286. The van der Waals surface area contributed by atoms with E-state index in [0.29, 0.717) is 5.88 Å². The van der Waals surface area contributed by atoms with E-state index in [1.807, 2.05) is 12.1 Å². The van der Waals surface area contributed by atoms with Gasteiger partial charge in [-0.25, -0.2) is 0 Å². The predicted molar refractivity (Wildman–Crippen MR) is 74.2 cm³/mol. The fourth-order valence-corrected chi connectivity index (χ4v) is 2.39. The van der Waals surface area contributed by atoms with Gasteiger partial charge in [0, 0.05) is 18.8 Å². The Balaban J connectivity index is 1.91. The molecule has 2 heterocycles. The van der Waals surface area contributed by atoms with Gasteiger partial charge in [-0.1, -0.05) is 12.1 Å². The molecule has 5 nitrogen and oxygen atoms in total. The van der Waals surface area contributed by atoms with Crippen LogP contribution in [-0.2, 0) is 13.0 Å². The zero-order valence-electron chi connectivity index (χ0n) is 10.8. The van der Waals surface area contributed by atoms with Crippen LogP contribution in [0.1, 0.15) is 11.1 Å². The second-order valence-corrected chi connectivity index (χ2v) is 4.58. The average Bonchev–Trinajstić information content (AvgIpc) is 2.47. The van der Waals surface area contributed by atoms with E-state index in [1.165, 1.54) is 11.1 Å². The van der Waals surface area contributed by atoms with Gasteiger partial charge in [-0.15, -0.1) is 0 Å². The van der Waals surface area contributed by atoms with Crippen LogP contribution in [0.4, 0.5) is 11.5 Å². The van der Waals surface area contributed by atoms with Crippen LogP contribution in [0.3, 0.4) is 0 Å². The minimum Gasteiger partial charge on any atom is -0.480 e. The summed E-state index contributed by atoms with van der Waals surface area (Å²) in [6.45, 7) is 1.68. The topological polar surface area (TPSA) is 64.3 Å². The van der Waals surface area contributed by atoms with Crippen molar-refractivity contribution < 1.29 is 4.74 Å². The van der Waals surface area contributed by atoms with Gasteiger partial charge in [0.15, 0.2) is 5.82 Å². The molecule has 1 aromatic carbocycles. The number of aromatic nitrogens is 2. The SMILES string of the molecule is COc1cncc(N2CCc3cccc(N)c3C2)n1. The molecule has 3 rings (SSSR count). The number of benzene rings is 1. The van der Waals surface area contributed by atoms with Gasteiger partial charge in [-0.2, -0.15) is 4.98 Å². The zero-order valence-corrected chi connectivity index (χ0v) is 10.8. The number of fused-ring (bicyclic) bond motifs is 1. The van der Waals surface area contributed by atoms with Gasteiger partial charge in [0.2, 0.25) is 5.88 Å². The highest BCUT2D eigenvalue weighted by Gasteiger charge is 2.19. The monoisotopic (exact) mass is 256 g/mol. The normalized spacial score (nSPS) is 14.1. The van der Waals surface area contributed by atoms with Gasteiger partial charge in [0.1, 0.15) is 0 Å². The summed E-state index contributed by atoms with van der Waals surface area (Å²) in [5.74, 6) is 1.36. The number of nitrogens with zero attached hydrogens (tertiary/aromatic N) is 3. The molecule has 0 fully saturated rings. The summed E-state index contributed by atoms with van der Waals surface area (Å²) in [6, 6.07) is 6.09. The lowest BCUT2D eigenvalue weighted by Gasteiger charge is -2.30. The van der Waals surface area contributed by atoms with E-state index >= 15 is 0 Å². The van der Waals surface area contributed by atoms with Crippen LogP contribution < -0.4 is 15.4 Å². The molecule has 0 saturated heterocycles. The van der Waals surface area contributed by atoms with Crippen molar-refractivity contribution in [2.24, 2.45) is 0 Å². The van der Waals surface area contributed by atoms with E-state index in [1.54, 1.807) is 19.5 Å². The highest BCUT2D eigenvalue weighted by atomic mass is 16.5. The van der Waals surface area contributed by atoms with Crippen molar-refractivity contribution in [1.29, 1.82) is 0 Å². The van der Waals surface area contributed by atoms with Crippen molar-refractivity contribution in [3.8, 4) is 5.88 Å². The molecule has 0 unspecified atom stereocenters. The molecule has 0 amide bonds. The molecule has 1 aromatic heterocycles. The molecule has 0 atom stereocenters. The molecule has 0 aliphatic carbocycles. The maximum Gasteiger partial charge on any atom is 0.233 e. The quantitative estimate of drug-likeness (QED) is 0.827. The summed E-state index contributed by atoms with van der Waals surface area (Å²) in [5, 5.41) is 0. The molecule has 2 N–H and O–H groups in total. The first-order chi connectivity index (χ1) is 9.28. The average molecular weight is 256 g/mol. The summed E-state index contributed by atoms with van der Waals surface area (Å²) in [5.41, 5.74) is 9.41. The van der Waals surface area contributed by atoms with Crippen molar-refractivity contribution >= 4 is 11.5 Å². The first-order valence-electron chi connectivity index (χ1n) is 6.25. The molecular formula is C14H16N4O. The third-order valence-corrected chi connectivity index (χ3v) is 3.44. The van der Waals surface area contributed by atoms with Crippen molar-refractivity contribution in [1.82, 2.24) is 9.97 Å². The van der Waals surface area contributed by atoms with Crippen LogP contribution in [-0.4, -0.2) is 23.6 Å². The predicted octanol–water partition coefficient (Wildman–Crippen LogP) is 1.63. The zero-order chi connectivity index (χ0) is 13.2. The van der Waals surface area contributed by atoms with Gasteiger partial charge in [-0.3, -0.25) is 4.98 Å². The molecule has 0 spiro atoms. The Kier molecular flexibility index (Phi) is 2.95. The lowest BCUT2D eigenvalue weighted by molar-refractivity contribution is 0.395. The van der Waals surface area contributed by atoms with Crippen LogP contribution in [0.15, 0.2) is 30.6 Å². The Morgan fingerprint density at radius 1 is 1.32 bits per heavy atom. The third kappa shape index (κ3) is 2.19. The van der Waals surface area contributed by atoms with Gasteiger partial charge >= 0.3 is 0 Å². The van der Waals surface area contributed by atoms with Crippen molar-refractivity contribution in [2.75, 3.05) is 24.3 Å². The second kappa shape index (κ2) is 4.76. The second-order valence-electron chi connectivity index (χ2n) is 4.58. The lowest BCUT2D eigenvalue weighted by Crippen LogP contribution is -2.31. The molecule has 5 heteroatoms. The largest absolute Gasteiger partial charge is 0.480 e. The maximum atomic E-state index is 6.05. The number of ether oxygens (including phenoxy) is 1. The first kappa shape index (κ1) is 11.8. The summed E-state index contributed by atoms with van der Waals surface area (Å²) in [4.78, 5) is 10.7. The fourth-order valence-electron chi connectivity index (χ4n) is 2.39. The van der Waals surface area contributed by atoms with Crippen molar-refractivity contribution in [3.05, 3.63) is 41.7 Å². The van der Waals surface area contributed by atoms with Gasteiger partial charge < -0.3 is 15.4 Å². The maximum absolute atomic E-state index is 6.05. The number of rotatable bonds is 2. The van der Waals surface area contributed by atoms with Crippen molar-refractivity contribution in [3.63, 3.8) is 0 Å². The molecule has 98 valence electrons. The molecule has 2 aromatic rings.